The van der Waals surface area contributed by atoms with E-state index in [2.05, 4.69) is 48.0 Å². The van der Waals surface area contributed by atoms with Crippen LogP contribution in [0.1, 0.15) is 11.1 Å². The van der Waals surface area contributed by atoms with Crippen LogP contribution < -0.4 is 5.73 Å². The molecule has 1 aromatic carbocycles. The molecule has 18 heavy (non-hydrogen) atoms. The first-order chi connectivity index (χ1) is 8.63. The molecule has 2 rings (SSSR count). The van der Waals surface area contributed by atoms with Crippen LogP contribution in [0.5, 0.6) is 0 Å². The van der Waals surface area contributed by atoms with Crippen molar-refractivity contribution in [1.82, 2.24) is 9.80 Å². The molecule has 1 fully saturated rings. The van der Waals surface area contributed by atoms with Gasteiger partial charge in [0, 0.05) is 38.8 Å². The highest BCUT2D eigenvalue weighted by molar-refractivity contribution is 5.22. The molecule has 1 unspecified atom stereocenters. The van der Waals surface area contributed by atoms with Gasteiger partial charge in [-0.05, 0) is 26.0 Å². The highest BCUT2D eigenvalue weighted by Crippen LogP contribution is 2.08. The molecule has 1 atom stereocenters. The second-order valence-corrected chi connectivity index (χ2v) is 5.56. The van der Waals surface area contributed by atoms with E-state index in [1.165, 1.54) is 11.1 Å². The van der Waals surface area contributed by atoms with Crippen molar-refractivity contribution in [3.8, 4) is 0 Å². The van der Waals surface area contributed by atoms with Crippen LogP contribution in [0, 0.1) is 6.92 Å². The van der Waals surface area contributed by atoms with Crippen LogP contribution in [0.25, 0.3) is 0 Å². The van der Waals surface area contributed by atoms with Crippen LogP contribution in [0.15, 0.2) is 24.3 Å². The largest absolute Gasteiger partial charge is 0.326 e. The molecule has 3 heteroatoms. The molecule has 0 saturated carbocycles. The van der Waals surface area contributed by atoms with E-state index in [0.717, 1.165) is 39.1 Å². The maximum atomic E-state index is 6.27. The number of piperazine rings is 1. The van der Waals surface area contributed by atoms with Crippen LogP contribution in [0.4, 0.5) is 0 Å². The summed E-state index contributed by atoms with van der Waals surface area (Å²) in [6, 6.07) is 8.92. The zero-order chi connectivity index (χ0) is 13.0. The first-order valence-electron chi connectivity index (χ1n) is 6.85. The highest BCUT2D eigenvalue weighted by atomic mass is 15.2. The number of hydrogen-bond acceptors (Lipinski definition) is 3. The Bertz CT molecular complexity index is 370. The summed E-state index contributed by atoms with van der Waals surface area (Å²) >= 11 is 0. The minimum Gasteiger partial charge on any atom is -0.326 e. The fourth-order valence-corrected chi connectivity index (χ4v) is 2.57. The van der Waals surface area contributed by atoms with Gasteiger partial charge in [0.1, 0.15) is 0 Å². The molecule has 0 spiro atoms. The molecule has 1 aliphatic rings. The van der Waals surface area contributed by atoms with Gasteiger partial charge in [0.2, 0.25) is 0 Å². The lowest BCUT2D eigenvalue weighted by Crippen LogP contribution is -2.49. The predicted octanol–water partition coefficient (Wildman–Crippen LogP) is 1.11. The second kappa shape index (κ2) is 6.32. The molecular formula is C15H25N3. The molecule has 1 aliphatic heterocycles. The Kier molecular flexibility index (Phi) is 4.75. The van der Waals surface area contributed by atoms with E-state index in [1.807, 2.05) is 0 Å². The summed E-state index contributed by atoms with van der Waals surface area (Å²) in [6.45, 7) is 7.78. The number of rotatable bonds is 4. The fourth-order valence-electron chi connectivity index (χ4n) is 2.57. The van der Waals surface area contributed by atoms with E-state index in [4.69, 9.17) is 5.73 Å². The van der Waals surface area contributed by atoms with Gasteiger partial charge in [0.15, 0.2) is 0 Å². The predicted molar refractivity (Wildman–Crippen MR) is 76.8 cm³/mol. The van der Waals surface area contributed by atoms with Crippen molar-refractivity contribution in [1.29, 1.82) is 0 Å². The topological polar surface area (TPSA) is 32.5 Å². The van der Waals surface area contributed by atoms with E-state index >= 15 is 0 Å². The van der Waals surface area contributed by atoms with E-state index < -0.39 is 0 Å². The van der Waals surface area contributed by atoms with Crippen molar-refractivity contribution in [2.75, 3.05) is 39.8 Å². The molecule has 0 aliphatic carbocycles. The average Bonchev–Trinajstić information content (AvgIpc) is 2.32. The van der Waals surface area contributed by atoms with Crippen LogP contribution in [-0.4, -0.2) is 55.6 Å². The minimum absolute atomic E-state index is 0.246. The number of nitrogens with zero attached hydrogens (tertiary/aromatic N) is 2. The molecule has 0 aromatic heterocycles. The molecule has 3 nitrogen and oxygen atoms in total. The molecule has 2 N–H and O–H groups in total. The Morgan fingerprint density at radius 3 is 2.61 bits per heavy atom. The van der Waals surface area contributed by atoms with Gasteiger partial charge in [-0.2, -0.15) is 0 Å². The van der Waals surface area contributed by atoms with Crippen molar-refractivity contribution < 1.29 is 0 Å². The number of nitrogens with two attached hydrogens (primary N) is 1. The maximum absolute atomic E-state index is 6.27. The molecule has 100 valence electrons. The van der Waals surface area contributed by atoms with Crippen molar-refractivity contribution in [3.63, 3.8) is 0 Å². The van der Waals surface area contributed by atoms with Crippen LogP contribution in [0.2, 0.25) is 0 Å². The lowest BCUT2D eigenvalue weighted by Gasteiger charge is -2.33. The van der Waals surface area contributed by atoms with Gasteiger partial charge in [-0.25, -0.2) is 0 Å². The number of likely N-dealkylation sites (N-methyl/N-ethyl adjacent to an activating group) is 1. The van der Waals surface area contributed by atoms with Crippen molar-refractivity contribution in [3.05, 3.63) is 35.4 Å². The van der Waals surface area contributed by atoms with Crippen LogP contribution in [0.3, 0.4) is 0 Å². The molecule has 1 aromatic rings. The van der Waals surface area contributed by atoms with Gasteiger partial charge in [-0.15, -0.1) is 0 Å². The van der Waals surface area contributed by atoms with Crippen LogP contribution in [-0.2, 0) is 6.42 Å². The molecule has 1 heterocycles. The summed E-state index contributed by atoms with van der Waals surface area (Å²) in [7, 11) is 2.18. The Balaban J connectivity index is 1.80. The number of benzene rings is 1. The number of hydrogen-bond donors (Lipinski definition) is 1. The number of aryl methyl sites for hydroxylation is 1. The molecule has 0 bridgehead atoms. The van der Waals surface area contributed by atoms with Gasteiger partial charge in [0.05, 0.1) is 0 Å². The summed E-state index contributed by atoms with van der Waals surface area (Å²) in [5.41, 5.74) is 8.94. The quantitative estimate of drug-likeness (QED) is 0.865. The van der Waals surface area contributed by atoms with Gasteiger partial charge >= 0.3 is 0 Å². The Morgan fingerprint density at radius 2 is 1.94 bits per heavy atom. The van der Waals surface area contributed by atoms with Gasteiger partial charge in [-0.3, -0.25) is 4.90 Å². The smallest absolute Gasteiger partial charge is 0.0208 e. The normalized spacial score (nSPS) is 19.9. The van der Waals surface area contributed by atoms with E-state index in [1.54, 1.807) is 0 Å². The van der Waals surface area contributed by atoms with Gasteiger partial charge in [-0.1, -0.05) is 29.8 Å². The lowest BCUT2D eigenvalue weighted by molar-refractivity contribution is 0.147. The SMILES string of the molecule is Cc1cccc(CC(N)CN2CCN(C)CC2)c1. The molecule has 1 saturated heterocycles. The summed E-state index contributed by atoms with van der Waals surface area (Å²) in [4.78, 5) is 4.86. The zero-order valence-corrected chi connectivity index (χ0v) is 11.6. The monoisotopic (exact) mass is 247 g/mol. The maximum Gasteiger partial charge on any atom is 0.0208 e. The molecular weight excluding hydrogens is 222 g/mol. The van der Waals surface area contributed by atoms with Crippen molar-refractivity contribution >= 4 is 0 Å². The third-order valence-corrected chi connectivity index (χ3v) is 3.67. The average molecular weight is 247 g/mol. The third kappa shape index (κ3) is 4.09. The van der Waals surface area contributed by atoms with E-state index in [9.17, 15) is 0 Å². The molecule has 0 amide bonds. The first-order valence-corrected chi connectivity index (χ1v) is 6.85. The summed E-state index contributed by atoms with van der Waals surface area (Å²) < 4.78 is 0. The van der Waals surface area contributed by atoms with E-state index in [0.29, 0.717) is 0 Å². The second-order valence-electron chi connectivity index (χ2n) is 5.56. The standard InChI is InChI=1S/C15H25N3/c1-13-4-3-5-14(10-13)11-15(16)12-18-8-6-17(2)7-9-18/h3-5,10,15H,6-9,11-12,16H2,1-2H3. The van der Waals surface area contributed by atoms with Crippen molar-refractivity contribution in [2.24, 2.45) is 5.73 Å². The van der Waals surface area contributed by atoms with E-state index in [-0.39, 0.29) is 6.04 Å². The van der Waals surface area contributed by atoms with Crippen LogP contribution >= 0.6 is 0 Å². The van der Waals surface area contributed by atoms with Crippen molar-refractivity contribution in [2.45, 2.75) is 19.4 Å². The Morgan fingerprint density at radius 1 is 1.22 bits per heavy atom. The summed E-state index contributed by atoms with van der Waals surface area (Å²) in [6.07, 6.45) is 0.980. The van der Waals surface area contributed by atoms with Gasteiger partial charge in [0.25, 0.3) is 0 Å². The fraction of sp³-hybridized carbons (Fsp3) is 0.600. The minimum atomic E-state index is 0.246. The Labute approximate surface area is 111 Å². The third-order valence-electron chi connectivity index (χ3n) is 3.67. The molecule has 0 radical (unpaired) electrons. The Hall–Kier alpha value is -0.900. The summed E-state index contributed by atoms with van der Waals surface area (Å²) in [5, 5.41) is 0. The van der Waals surface area contributed by atoms with Gasteiger partial charge < -0.3 is 10.6 Å². The lowest BCUT2D eigenvalue weighted by atomic mass is 10.0. The first kappa shape index (κ1) is 13.5. The summed E-state index contributed by atoms with van der Waals surface area (Å²) in [5.74, 6) is 0. The highest BCUT2D eigenvalue weighted by Gasteiger charge is 2.16. The zero-order valence-electron chi connectivity index (χ0n) is 11.6.